The topological polar surface area (TPSA) is 57.4 Å². The van der Waals surface area contributed by atoms with Gasteiger partial charge in [-0.2, -0.15) is 0 Å². The molecule has 1 aliphatic heterocycles. The van der Waals surface area contributed by atoms with Crippen LogP contribution in [0.1, 0.15) is 43.4 Å². The Morgan fingerprint density at radius 2 is 1.93 bits per heavy atom. The van der Waals surface area contributed by atoms with Crippen LogP contribution in [0.2, 0.25) is 0 Å². The summed E-state index contributed by atoms with van der Waals surface area (Å²) >= 11 is 0. The van der Waals surface area contributed by atoms with Crippen LogP contribution in [-0.4, -0.2) is 28.6 Å². The Hall–Kier alpha value is -2.95. The van der Waals surface area contributed by atoms with E-state index in [9.17, 15) is 4.79 Å². The van der Waals surface area contributed by atoms with Crippen molar-refractivity contribution < 1.29 is 9.53 Å². The summed E-state index contributed by atoms with van der Waals surface area (Å²) in [7, 11) is 0. The van der Waals surface area contributed by atoms with Gasteiger partial charge in [-0.3, -0.25) is 0 Å². The normalized spacial score (nSPS) is 17.2. The molecule has 3 aromatic rings. The van der Waals surface area contributed by atoms with Gasteiger partial charge in [0.25, 0.3) is 0 Å². The molecule has 2 heterocycles. The minimum absolute atomic E-state index is 0.0606. The smallest absolute Gasteiger partial charge is 0.322 e. The number of hydrogen-bond donors (Lipinski definition) is 2. The minimum atomic E-state index is -0.0606. The third kappa shape index (κ3) is 3.82. The Balaban J connectivity index is 1.29. The predicted octanol–water partition coefficient (Wildman–Crippen LogP) is 5.47. The van der Waals surface area contributed by atoms with E-state index in [4.69, 9.17) is 4.74 Å². The van der Waals surface area contributed by atoms with Gasteiger partial charge >= 0.3 is 6.03 Å². The molecule has 5 heteroatoms. The zero-order valence-electron chi connectivity index (χ0n) is 16.6. The number of nitrogens with one attached hydrogen (secondary N) is 2. The van der Waals surface area contributed by atoms with Crippen LogP contribution in [0.3, 0.4) is 0 Å². The van der Waals surface area contributed by atoms with Gasteiger partial charge in [0.1, 0.15) is 5.75 Å². The van der Waals surface area contributed by atoms with Crippen molar-refractivity contribution in [3.63, 3.8) is 0 Å². The Kier molecular flexibility index (Phi) is 4.88. The second kappa shape index (κ2) is 7.82. The summed E-state index contributed by atoms with van der Waals surface area (Å²) in [6.45, 7) is 1.36. The standard InChI is InChI=1S/C24H27N3O2/c28-24(25-17-7-5-10-19(15-17)29-18-8-1-2-9-18)27-14-6-12-21-20-11-3-4-13-22(20)26-23(21)16-27/h3-5,7,10-11,13,15,18,26H,1-2,6,8-9,12,14,16H2,(H,25,28). The molecule has 0 unspecified atom stereocenters. The van der Waals surface area contributed by atoms with Crippen LogP contribution in [0.4, 0.5) is 10.5 Å². The number of urea groups is 1. The Morgan fingerprint density at radius 1 is 1.07 bits per heavy atom. The Labute approximate surface area is 171 Å². The van der Waals surface area contributed by atoms with E-state index in [0.29, 0.717) is 12.6 Å². The van der Waals surface area contributed by atoms with Crippen molar-refractivity contribution in [2.24, 2.45) is 0 Å². The molecule has 5 rings (SSSR count). The van der Waals surface area contributed by atoms with Gasteiger partial charge in [-0.15, -0.1) is 0 Å². The van der Waals surface area contributed by atoms with Gasteiger partial charge < -0.3 is 19.9 Å². The summed E-state index contributed by atoms with van der Waals surface area (Å²) in [6, 6.07) is 16.1. The molecule has 2 aliphatic rings. The number of amides is 2. The molecular formula is C24H27N3O2. The van der Waals surface area contributed by atoms with Crippen LogP contribution in [0, 0.1) is 0 Å². The zero-order valence-corrected chi connectivity index (χ0v) is 16.6. The number of para-hydroxylation sites is 1. The van der Waals surface area contributed by atoms with E-state index in [0.717, 1.165) is 54.9 Å². The lowest BCUT2D eigenvalue weighted by Crippen LogP contribution is -2.34. The number of hydrogen-bond acceptors (Lipinski definition) is 2. The van der Waals surface area contributed by atoms with Crippen molar-refractivity contribution in [3.05, 3.63) is 59.8 Å². The third-order valence-electron chi connectivity index (χ3n) is 6.08. The average molecular weight is 389 g/mol. The van der Waals surface area contributed by atoms with Crippen molar-refractivity contribution in [2.45, 2.75) is 51.2 Å². The summed E-state index contributed by atoms with van der Waals surface area (Å²) in [4.78, 5) is 18.4. The van der Waals surface area contributed by atoms with E-state index in [2.05, 4.69) is 28.5 Å². The number of benzene rings is 2. The number of aromatic amines is 1. The van der Waals surface area contributed by atoms with Gasteiger partial charge in [-0.25, -0.2) is 4.79 Å². The first-order chi connectivity index (χ1) is 14.3. The molecule has 0 atom stereocenters. The molecule has 1 fully saturated rings. The number of H-pyrrole nitrogens is 1. The van der Waals surface area contributed by atoms with Gasteiger partial charge in [0, 0.05) is 34.9 Å². The van der Waals surface area contributed by atoms with Crippen molar-refractivity contribution >= 4 is 22.6 Å². The summed E-state index contributed by atoms with van der Waals surface area (Å²) < 4.78 is 6.07. The fraction of sp³-hybridized carbons (Fsp3) is 0.375. The molecule has 0 spiro atoms. The number of anilines is 1. The number of carbonyl (C=O) groups excluding carboxylic acids is 1. The molecule has 1 aliphatic carbocycles. The zero-order chi connectivity index (χ0) is 19.6. The highest BCUT2D eigenvalue weighted by molar-refractivity contribution is 5.90. The third-order valence-corrected chi connectivity index (χ3v) is 6.08. The van der Waals surface area contributed by atoms with Gasteiger partial charge in [0.15, 0.2) is 0 Å². The van der Waals surface area contributed by atoms with Crippen molar-refractivity contribution in [2.75, 3.05) is 11.9 Å². The fourth-order valence-corrected chi connectivity index (χ4v) is 4.61. The summed E-state index contributed by atoms with van der Waals surface area (Å²) in [5.41, 5.74) is 4.43. The maximum atomic E-state index is 13.0. The van der Waals surface area contributed by atoms with E-state index in [-0.39, 0.29) is 6.03 Å². The van der Waals surface area contributed by atoms with Crippen molar-refractivity contribution in [1.82, 2.24) is 9.88 Å². The molecule has 1 saturated carbocycles. The molecule has 0 bridgehead atoms. The monoisotopic (exact) mass is 389 g/mol. The molecule has 29 heavy (non-hydrogen) atoms. The number of rotatable bonds is 3. The average Bonchev–Trinajstić information content (AvgIpc) is 3.30. The van der Waals surface area contributed by atoms with Crippen LogP contribution in [-0.2, 0) is 13.0 Å². The molecule has 5 nitrogen and oxygen atoms in total. The lowest BCUT2D eigenvalue weighted by Gasteiger charge is -2.21. The van der Waals surface area contributed by atoms with Gasteiger partial charge in [0.05, 0.1) is 12.6 Å². The highest BCUT2D eigenvalue weighted by Gasteiger charge is 2.22. The summed E-state index contributed by atoms with van der Waals surface area (Å²) in [6.07, 6.45) is 7.00. The number of fused-ring (bicyclic) bond motifs is 3. The summed E-state index contributed by atoms with van der Waals surface area (Å²) in [5.74, 6) is 0.837. The van der Waals surface area contributed by atoms with Crippen molar-refractivity contribution in [1.29, 1.82) is 0 Å². The second-order valence-electron chi connectivity index (χ2n) is 8.14. The van der Waals surface area contributed by atoms with E-state index in [1.807, 2.05) is 35.2 Å². The number of aromatic nitrogens is 1. The molecule has 2 amide bonds. The maximum absolute atomic E-state index is 13.0. The minimum Gasteiger partial charge on any atom is -0.490 e. The van der Waals surface area contributed by atoms with Crippen LogP contribution < -0.4 is 10.1 Å². The van der Waals surface area contributed by atoms with Crippen LogP contribution in [0.15, 0.2) is 48.5 Å². The molecule has 2 aromatic carbocycles. The number of nitrogens with zero attached hydrogens (tertiary/aromatic N) is 1. The SMILES string of the molecule is O=C(Nc1cccc(OC2CCCC2)c1)N1CCCc2c([nH]c3ccccc23)C1. The van der Waals surface area contributed by atoms with Crippen molar-refractivity contribution in [3.8, 4) is 5.75 Å². The first-order valence-corrected chi connectivity index (χ1v) is 10.7. The highest BCUT2D eigenvalue weighted by atomic mass is 16.5. The lowest BCUT2D eigenvalue weighted by atomic mass is 10.1. The Morgan fingerprint density at radius 3 is 2.83 bits per heavy atom. The summed E-state index contributed by atoms with van der Waals surface area (Å²) in [5, 5.41) is 4.34. The van der Waals surface area contributed by atoms with E-state index < -0.39 is 0 Å². The quantitative estimate of drug-likeness (QED) is 0.624. The molecule has 0 saturated heterocycles. The van der Waals surface area contributed by atoms with E-state index in [1.165, 1.54) is 23.8 Å². The van der Waals surface area contributed by atoms with Crippen LogP contribution >= 0.6 is 0 Å². The molecule has 0 radical (unpaired) electrons. The second-order valence-corrected chi connectivity index (χ2v) is 8.14. The van der Waals surface area contributed by atoms with Gasteiger partial charge in [-0.05, 0) is 62.3 Å². The largest absolute Gasteiger partial charge is 0.490 e. The number of ether oxygens (including phenoxy) is 1. The predicted molar refractivity (Wildman–Crippen MR) is 115 cm³/mol. The maximum Gasteiger partial charge on any atom is 0.322 e. The number of carbonyl (C=O) groups is 1. The first kappa shape index (κ1) is 18.1. The van der Waals surface area contributed by atoms with E-state index >= 15 is 0 Å². The molecular weight excluding hydrogens is 362 g/mol. The van der Waals surface area contributed by atoms with Crippen LogP contribution in [0.5, 0.6) is 5.75 Å². The highest BCUT2D eigenvalue weighted by Crippen LogP contribution is 2.28. The molecule has 2 N–H and O–H groups in total. The van der Waals surface area contributed by atoms with Gasteiger partial charge in [-0.1, -0.05) is 24.3 Å². The molecule has 150 valence electrons. The van der Waals surface area contributed by atoms with Gasteiger partial charge in [0.2, 0.25) is 0 Å². The van der Waals surface area contributed by atoms with E-state index in [1.54, 1.807) is 0 Å². The molecule has 1 aromatic heterocycles. The number of aryl methyl sites for hydroxylation is 1. The Bertz CT molecular complexity index is 1020. The first-order valence-electron chi connectivity index (χ1n) is 10.7. The van der Waals surface area contributed by atoms with Crippen LogP contribution in [0.25, 0.3) is 10.9 Å². The lowest BCUT2D eigenvalue weighted by molar-refractivity contribution is 0.209. The fourth-order valence-electron chi connectivity index (χ4n) is 4.61.